The Balaban J connectivity index is 1.90. The number of rotatable bonds is 2. The molecule has 4 nitrogen and oxygen atoms in total. The van der Waals surface area contributed by atoms with E-state index in [2.05, 4.69) is 15.2 Å². The molecule has 1 aliphatic heterocycles. The number of pyridine rings is 1. The number of amides is 1. The van der Waals surface area contributed by atoms with Gasteiger partial charge in [-0.2, -0.15) is 13.2 Å². The van der Waals surface area contributed by atoms with Crippen LogP contribution in [0.25, 0.3) is 0 Å². The molecule has 2 aromatic rings. The number of nitrogens with one attached hydrogen (secondary N) is 1. The lowest BCUT2D eigenvalue weighted by Gasteiger charge is -2.26. The third-order valence-electron chi connectivity index (χ3n) is 4.12. The van der Waals surface area contributed by atoms with Crippen molar-refractivity contribution >= 4 is 23.2 Å². The van der Waals surface area contributed by atoms with E-state index in [1.54, 1.807) is 6.20 Å². The fraction of sp³-hybridized carbons (Fsp3) is 0.294. The molecule has 1 amide bonds. The van der Waals surface area contributed by atoms with E-state index in [0.29, 0.717) is 18.5 Å². The Bertz CT molecular complexity index is 823. The van der Waals surface area contributed by atoms with Crippen LogP contribution in [0.1, 0.15) is 27.0 Å². The van der Waals surface area contributed by atoms with Gasteiger partial charge in [-0.1, -0.05) is 11.6 Å². The van der Waals surface area contributed by atoms with Gasteiger partial charge in [0, 0.05) is 25.5 Å². The Morgan fingerprint density at radius 2 is 2.08 bits per heavy atom. The van der Waals surface area contributed by atoms with Crippen molar-refractivity contribution in [2.75, 3.05) is 18.9 Å². The lowest BCUT2D eigenvalue weighted by molar-refractivity contribution is -0.137. The first-order chi connectivity index (χ1) is 11.8. The molecule has 1 aromatic carbocycles. The van der Waals surface area contributed by atoms with Crippen LogP contribution in [0, 0.1) is 0 Å². The van der Waals surface area contributed by atoms with Crippen LogP contribution in [-0.2, 0) is 19.1 Å². The van der Waals surface area contributed by atoms with Crippen LogP contribution < -0.4 is 5.32 Å². The first-order valence-electron chi connectivity index (χ1n) is 7.58. The molecular weight excluding hydrogens is 355 g/mol. The fourth-order valence-electron chi connectivity index (χ4n) is 2.82. The van der Waals surface area contributed by atoms with Gasteiger partial charge < -0.3 is 10.2 Å². The van der Waals surface area contributed by atoms with E-state index in [9.17, 15) is 18.0 Å². The van der Waals surface area contributed by atoms with Gasteiger partial charge in [-0.25, -0.2) is 0 Å². The zero-order chi connectivity index (χ0) is 18.2. The first kappa shape index (κ1) is 17.7. The second-order valence-corrected chi connectivity index (χ2v) is 6.37. The van der Waals surface area contributed by atoms with E-state index in [-0.39, 0.29) is 10.7 Å². The molecule has 0 fully saturated rings. The van der Waals surface area contributed by atoms with Crippen molar-refractivity contribution in [3.8, 4) is 0 Å². The summed E-state index contributed by atoms with van der Waals surface area (Å²) in [5.74, 6) is -0.518. The minimum Gasteiger partial charge on any atom is -0.321 e. The zero-order valence-electron chi connectivity index (χ0n) is 13.3. The van der Waals surface area contributed by atoms with Crippen molar-refractivity contribution in [3.05, 3.63) is 57.9 Å². The molecule has 2 heterocycles. The predicted molar refractivity (Wildman–Crippen MR) is 88.7 cm³/mol. The summed E-state index contributed by atoms with van der Waals surface area (Å²) in [6, 6.07) is 2.82. The van der Waals surface area contributed by atoms with E-state index in [1.165, 1.54) is 6.20 Å². The van der Waals surface area contributed by atoms with Gasteiger partial charge in [-0.3, -0.25) is 9.78 Å². The minimum absolute atomic E-state index is 0.0406. The lowest BCUT2D eigenvalue weighted by Crippen LogP contribution is -2.29. The van der Waals surface area contributed by atoms with Crippen molar-refractivity contribution in [2.45, 2.75) is 19.1 Å². The smallest absolute Gasteiger partial charge is 0.321 e. The Morgan fingerprint density at radius 3 is 2.80 bits per heavy atom. The normalized spacial score (nSPS) is 14.9. The molecule has 1 N–H and O–H groups in total. The Morgan fingerprint density at radius 1 is 1.32 bits per heavy atom. The third kappa shape index (κ3) is 3.77. The molecule has 0 bridgehead atoms. The number of hydrogen-bond acceptors (Lipinski definition) is 3. The number of hydrogen-bond donors (Lipinski definition) is 1. The molecule has 3 rings (SSSR count). The summed E-state index contributed by atoms with van der Waals surface area (Å²) in [7, 11) is 1.97. The van der Waals surface area contributed by atoms with Crippen molar-refractivity contribution in [2.24, 2.45) is 0 Å². The lowest BCUT2D eigenvalue weighted by atomic mass is 9.97. The van der Waals surface area contributed by atoms with E-state index in [1.807, 2.05) is 7.05 Å². The van der Waals surface area contributed by atoms with Gasteiger partial charge in [0.1, 0.15) is 0 Å². The molecule has 0 saturated carbocycles. The van der Waals surface area contributed by atoms with Crippen molar-refractivity contribution in [3.63, 3.8) is 0 Å². The summed E-state index contributed by atoms with van der Waals surface area (Å²) in [4.78, 5) is 18.8. The molecule has 25 heavy (non-hydrogen) atoms. The molecule has 0 radical (unpaired) electrons. The number of alkyl halides is 3. The first-order valence-corrected chi connectivity index (χ1v) is 7.96. The second kappa shape index (κ2) is 6.65. The number of carbonyl (C=O) groups excluding carboxylic acids is 1. The van der Waals surface area contributed by atoms with Gasteiger partial charge in [-0.05, 0) is 42.8 Å². The Labute approximate surface area is 147 Å². The molecule has 8 heteroatoms. The number of halogens is 4. The highest BCUT2D eigenvalue weighted by Crippen LogP contribution is 2.34. The van der Waals surface area contributed by atoms with E-state index >= 15 is 0 Å². The largest absolute Gasteiger partial charge is 0.416 e. The van der Waals surface area contributed by atoms with Crippen LogP contribution in [0.5, 0.6) is 0 Å². The highest BCUT2D eigenvalue weighted by Gasteiger charge is 2.31. The van der Waals surface area contributed by atoms with Crippen LogP contribution in [0.15, 0.2) is 30.6 Å². The third-order valence-corrected chi connectivity index (χ3v) is 4.45. The average Bonchev–Trinajstić information content (AvgIpc) is 2.54. The molecule has 132 valence electrons. The summed E-state index contributed by atoms with van der Waals surface area (Å²) < 4.78 is 38.6. The van der Waals surface area contributed by atoms with Gasteiger partial charge in [0.2, 0.25) is 0 Å². The maximum atomic E-state index is 12.9. The maximum Gasteiger partial charge on any atom is 0.416 e. The molecular formula is C17H15ClF3N3O. The number of anilines is 1. The fourth-order valence-corrected chi connectivity index (χ4v) is 2.98. The summed E-state index contributed by atoms with van der Waals surface area (Å²) in [5.41, 5.74) is 1.22. The highest BCUT2D eigenvalue weighted by atomic mass is 35.5. The van der Waals surface area contributed by atoms with E-state index in [4.69, 9.17) is 11.6 Å². The van der Waals surface area contributed by atoms with Gasteiger partial charge in [0.15, 0.2) is 0 Å². The second-order valence-electron chi connectivity index (χ2n) is 5.96. The molecule has 0 atom stereocenters. The number of fused-ring (bicyclic) bond motifs is 1. The minimum atomic E-state index is -4.51. The summed E-state index contributed by atoms with van der Waals surface area (Å²) >= 11 is 5.94. The zero-order valence-corrected chi connectivity index (χ0v) is 14.1. The average molecular weight is 370 g/mol. The number of carbonyl (C=O) groups is 1. The van der Waals surface area contributed by atoms with Gasteiger partial charge in [0.05, 0.1) is 21.8 Å². The quantitative estimate of drug-likeness (QED) is 0.870. The maximum absolute atomic E-state index is 12.9. The number of likely N-dealkylation sites (N-methyl/N-ethyl adjacent to an activating group) is 1. The van der Waals surface area contributed by atoms with Crippen LogP contribution in [0.3, 0.4) is 0 Å². The summed E-state index contributed by atoms with van der Waals surface area (Å²) in [5, 5.41) is 2.52. The Kier molecular flexibility index (Phi) is 4.71. The van der Waals surface area contributed by atoms with Gasteiger partial charge >= 0.3 is 6.18 Å². The molecule has 0 aliphatic carbocycles. The summed E-state index contributed by atoms with van der Waals surface area (Å²) in [6.45, 7) is 1.47. The molecule has 1 aliphatic rings. The molecule has 1 aromatic heterocycles. The van der Waals surface area contributed by atoms with E-state index in [0.717, 1.165) is 35.9 Å². The number of benzene rings is 1. The number of aromatic nitrogens is 1. The topological polar surface area (TPSA) is 45.2 Å². The van der Waals surface area contributed by atoms with Crippen LogP contribution in [-0.4, -0.2) is 29.4 Å². The molecule has 0 saturated heterocycles. The van der Waals surface area contributed by atoms with Gasteiger partial charge in [-0.15, -0.1) is 0 Å². The van der Waals surface area contributed by atoms with Crippen LogP contribution >= 0.6 is 11.6 Å². The predicted octanol–water partition coefficient (Wildman–Crippen LogP) is 3.99. The van der Waals surface area contributed by atoms with Crippen molar-refractivity contribution in [1.29, 1.82) is 0 Å². The molecule has 0 spiro atoms. The molecule has 0 unspecified atom stereocenters. The van der Waals surface area contributed by atoms with Crippen LogP contribution in [0.2, 0.25) is 5.02 Å². The van der Waals surface area contributed by atoms with E-state index < -0.39 is 17.6 Å². The van der Waals surface area contributed by atoms with Crippen LogP contribution in [0.4, 0.5) is 18.9 Å². The monoisotopic (exact) mass is 369 g/mol. The standard InChI is InChI=1S/C17H15ClF3N3O/c1-24-5-4-12-10(9-24)7-22-8-13(12)16(25)23-15-6-11(17(19,20)21)2-3-14(15)18/h2-3,6-8H,4-5,9H2,1H3,(H,23,25). The highest BCUT2D eigenvalue weighted by molar-refractivity contribution is 6.34. The van der Waals surface area contributed by atoms with Crippen molar-refractivity contribution in [1.82, 2.24) is 9.88 Å². The SMILES string of the molecule is CN1CCc2c(cncc2C(=O)Nc2cc(C(F)(F)F)ccc2Cl)C1. The number of nitrogens with zero attached hydrogens (tertiary/aromatic N) is 2. The van der Waals surface area contributed by atoms with Gasteiger partial charge in [0.25, 0.3) is 5.91 Å². The summed E-state index contributed by atoms with van der Waals surface area (Å²) in [6.07, 6.45) is -0.699. The Hall–Kier alpha value is -2.12. The van der Waals surface area contributed by atoms with Crippen molar-refractivity contribution < 1.29 is 18.0 Å².